The molecular weight excluding hydrogens is 136 g/mol. The summed E-state index contributed by atoms with van der Waals surface area (Å²) < 4.78 is 1.50. The normalized spacial score (nSPS) is 10.4. The summed E-state index contributed by atoms with van der Waals surface area (Å²) in [5.41, 5.74) is 0. The summed E-state index contributed by atoms with van der Waals surface area (Å²) in [5.74, 6) is 0. The fourth-order valence-corrected chi connectivity index (χ4v) is 2.23. The average molecular weight is 145 g/mol. The van der Waals surface area contributed by atoms with Crippen molar-refractivity contribution in [1.82, 2.24) is 0 Å². The van der Waals surface area contributed by atoms with Crippen molar-refractivity contribution in [1.29, 1.82) is 0 Å². The van der Waals surface area contributed by atoms with Gasteiger partial charge in [-0.2, -0.15) is 0 Å². The molecule has 0 amide bonds. The third-order valence-corrected chi connectivity index (χ3v) is 3.79. The van der Waals surface area contributed by atoms with Crippen LogP contribution in [0.3, 0.4) is 0 Å². The lowest BCUT2D eigenvalue weighted by Crippen LogP contribution is -1.89. The number of thiophene rings is 1. The van der Waals surface area contributed by atoms with Crippen molar-refractivity contribution in [3.8, 4) is 0 Å². The Bertz CT molecular complexity index is 142. The Labute approximate surface area is 56.9 Å². The third-order valence-electron chi connectivity index (χ3n) is 0.897. The summed E-state index contributed by atoms with van der Waals surface area (Å²) >= 11 is 1.84. The largest absolute Gasteiger partial charge is 0.208 e. The summed E-state index contributed by atoms with van der Waals surface area (Å²) in [6, 6.07) is 4.29. The van der Waals surface area contributed by atoms with Crippen LogP contribution in [0.2, 0.25) is 0 Å². The van der Waals surface area contributed by atoms with E-state index in [1.807, 2.05) is 11.3 Å². The van der Waals surface area contributed by atoms with Gasteiger partial charge in [0.15, 0.2) is 0 Å². The predicted octanol–water partition coefficient (Wildman–Crippen LogP) is 1.98. The molecule has 0 saturated heterocycles. The first-order valence-corrected chi connectivity index (χ1v) is 5.34. The first-order valence-electron chi connectivity index (χ1n) is 2.42. The molecule has 0 radical (unpaired) electrons. The maximum Gasteiger partial charge on any atom is 0.208 e. The zero-order valence-electron chi connectivity index (χ0n) is 5.05. The van der Waals surface area contributed by atoms with Crippen LogP contribution in [0, 0.1) is 0 Å². The number of hydrogen-bond acceptors (Lipinski definition) is 1. The van der Waals surface area contributed by atoms with Crippen molar-refractivity contribution in [2.24, 2.45) is 0 Å². The van der Waals surface area contributed by atoms with Crippen LogP contribution >= 0.6 is 11.3 Å². The summed E-state index contributed by atoms with van der Waals surface area (Å²) in [4.78, 5) is 0. The van der Waals surface area contributed by atoms with E-state index in [4.69, 9.17) is 0 Å². The first kappa shape index (κ1) is 6.17. The second kappa shape index (κ2) is 2.55. The van der Waals surface area contributed by atoms with Gasteiger partial charge in [0.05, 0.1) is 0 Å². The topological polar surface area (TPSA) is 0 Å². The molecule has 0 aliphatic carbocycles. The molecule has 0 N–H and O–H groups in total. The Morgan fingerprint density at radius 2 is 2.25 bits per heavy atom. The number of hydrogen-bond donors (Lipinski definition) is 0. The molecule has 1 aromatic rings. The van der Waals surface area contributed by atoms with Gasteiger partial charge >= 0.3 is 0 Å². The van der Waals surface area contributed by atoms with Crippen LogP contribution in [-0.2, 0) is 10.9 Å². The molecule has 0 spiro atoms. The van der Waals surface area contributed by atoms with E-state index in [9.17, 15) is 0 Å². The SMILES string of the molecule is C[S+](C)c1cccs1. The Balaban J connectivity index is 2.77. The van der Waals surface area contributed by atoms with Gasteiger partial charge in [-0.1, -0.05) is 11.3 Å². The summed E-state index contributed by atoms with van der Waals surface area (Å²) in [7, 11) is 0.471. The lowest BCUT2D eigenvalue weighted by Gasteiger charge is -1.84. The van der Waals surface area contributed by atoms with E-state index in [1.165, 1.54) is 4.21 Å². The van der Waals surface area contributed by atoms with E-state index in [0.29, 0.717) is 10.9 Å². The molecular formula is C6H9S2+. The van der Waals surface area contributed by atoms with Gasteiger partial charge in [-0.15, -0.1) is 0 Å². The van der Waals surface area contributed by atoms with Crippen molar-refractivity contribution < 1.29 is 0 Å². The maximum atomic E-state index is 2.24. The molecule has 0 fully saturated rings. The van der Waals surface area contributed by atoms with Gasteiger partial charge in [-0.3, -0.25) is 0 Å². The van der Waals surface area contributed by atoms with E-state index in [-0.39, 0.29) is 0 Å². The molecule has 0 aliphatic heterocycles. The molecule has 8 heavy (non-hydrogen) atoms. The molecule has 0 aliphatic rings. The first-order chi connectivity index (χ1) is 3.80. The summed E-state index contributed by atoms with van der Waals surface area (Å²) in [6.07, 6.45) is 4.48. The lowest BCUT2D eigenvalue weighted by molar-refractivity contribution is 1.71. The Morgan fingerprint density at radius 3 is 2.50 bits per heavy atom. The van der Waals surface area contributed by atoms with Crippen molar-refractivity contribution >= 4 is 22.2 Å². The maximum absolute atomic E-state index is 2.24. The predicted molar refractivity (Wildman–Crippen MR) is 41.8 cm³/mol. The second-order valence-corrected chi connectivity index (χ2v) is 5.03. The van der Waals surface area contributed by atoms with E-state index in [0.717, 1.165) is 0 Å². The molecule has 1 aromatic heterocycles. The highest BCUT2D eigenvalue weighted by molar-refractivity contribution is 7.97. The fourth-order valence-electron chi connectivity index (χ4n) is 0.496. The molecule has 1 heterocycles. The quantitative estimate of drug-likeness (QED) is 0.530. The molecule has 2 heteroatoms. The minimum Gasteiger partial charge on any atom is -0.0945 e. The fraction of sp³-hybridized carbons (Fsp3) is 0.333. The highest BCUT2D eigenvalue weighted by Gasteiger charge is 2.06. The monoisotopic (exact) mass is 145 g/mol. The highest BCUT2D eigenvalue weighted by atomic mass is 32.2. The molecule has 0 atom stereocenters. The zero-order valence-corrected chi connectivity index (χ0v) is 6.68. The lowest BCUT2D eigenvalue weighted by atomic mass is 10.7. The van der Waals surface area contributed by atoms with Gasteiger partial charge in [-0.25, -0.2) is 0 Å². The standard InChI is InChI=1S/C6H9S2/c1-8(2)6-4-3-5-7-6/h3-5H,1-2H3/q+1. The van der Waals surface area contributed by atoms with E-state index >= 15 is 0 Å². The summed E-state index contributed by atoms with van der Waals surface area (Å²) in [5, 5.41) is 2.13. The van der Waals surface area contributed by atoms with Crippen LogP contribution in [0.4, 0.5) is 0 Å². The molecule has 44 valence electrons. The van der Waals surface area contributed by atoms with Crippen LogP contribution in [-0.4, -0.2) is 12.5 Å². The van der Waals surface area contributed by atoms with Crippen LogP contribution in [0.15, 0.2) is 21.7 Å². The van der Waals surface area contributed by atoms with Gasteiger partial charge in [0.1, 0.15) is 12.5 Å². The van der Waals surface area contributed by atoms with Crippen LogP contribution in [0.5, 0.6) is 0 Å². The smallest absolute Gasteiger partial charge is 0.0945 e. The van der Waals surface area contributed by atoms with Crippen molar-refractivity contribution in [3.63, 3.8) is 0 Å². The highest BCUT2D eigenvalue weighted by Crippen LogP contribution is 2.14. The van der Waals surface area contributed by atoms with Crippen molar-refractivity contribution in [2.45, 2.75) is 4.21 Å². The van der Waals surface area contributed by atoms with Gasteiger partial charge in [0.25, 0.3) is 0 Å². The molecule has 0 nitrogen and oxygen atoms in total. The van der Waals surface area contributed by atoms with Crippen LogP contribution < -0.4 is 0 Å². The van der Waals surface area contributed by atoms with E-state index < -0.39 is 0 Å². The number of rotatable bonds is 1. The van der Waals surface area contributed by atoms with Gasteiger partial charge in [0.2, 0.25) is 4.21 Å². The van der Waals surface area contributed by atoms with Gasteiger partial charge in [-0.05, 0) is 11.4 Å². The molecule has 1 rings (SSSR count). The van der Waals surface area contributed by atoms with E-state index in [1.54, 1.807) is 0 Å². The van der Waals surface area contributed by atoms with Gasteiger partial charge < -0.3 is 0 Å². The third kappa shape index (κ3) is 1.26. The Kier molecular flexibility index (Phi) is 1.97. The summed E-state index contributed by atoms with van der Waals surface area (Å²) in [6.45, 7) is 0. The second-order valence-electron chi connectivity index (χ2n) is 1.75. The molecule has 0 aromatic carbocycles. The van der Waals surface area contributed by atoms with Gasteiger partial charge in [0, 0.05) is 17.0 Å². The minimum atomic E-state index is 0.471. The minimum absolute atomic E-state index is 0.471. The average Bonchev–Trinajstić information content (AvgIpc) is 2.12. The van der Waals surface area contributed by atoms with Crippen molar-refractivity contribution in [3.05, 3.63) is 17.5 Å². The Morgan fingerprint density at radius 1 is 1.50 bits per heavy atom. The van der Waals surface area contributed by atoms with Crippen LogP contribution in [0.25, 0.3) is 0 Å². The molecule has 0 unspecified atom stereocenters. The van der Waals surface area contributed by atoms with E-state index in [2.05, 4.69) is 30.0 Å². The van der Waals surface area contributed by atoms with Crippen LogP contribution in [0.1, 0.15) is 0 Å². The van der Waals surface area contributed by atoms with Crippen molar-refractivity contribution in [2.75, 3.05) is 12.5 Å². The molecule has 0 bridgehead atoms. The zero-order chi connectivity index (χ0) is 5.98. The Hall–Kier alpha value is 0.0500. The molecule has 0 saturated carbocycles.